The number of methoxy groups -OCH3 is 1. The average Bonchev–Trinajstić information content (AvgIpc) is 3.17. The Morgan fingerprint density at radius 3 is 2.95 bits per heavy atom. The molecule has 6 nitrogen and oxygen atoms in total. The minimum Gasteiger partial charge on any atom is -0.504 e. The van der Waals surface area contributed by atoms with Crippen molar-refractivity contribution in [3.63, 3.8) is 0 Å². The molecule has 0 bridgehead atoms. The van der Waals surface area contributed by atoms with E-state index in [9.17, 15) is 5.11 Å². The van der Waals surface area contributed by atoms with E-state index in [0.717, 1.165) is 21.3 Å². The van der Waals surface area contributed by atoms with Crippen LogP contribution >= 0.6 is 11.3 Å². The normalized spacial score (nSPS) is 14.5. The highest BCUT2D eigenvalue weighted by Gasteiger charge is 2.28. The van der Waals surface area contributed by atoms with Gasteiger partial charge in [0.1, 0.15) is 0 Å². The number of aromatic nitrogens is 3. The van der Waals surface area contributed by atoms with Crippen molar-refractivity contribution >= 4 is 21.4 Å². The second-order valence-corrected chi connectivity index (χ2v) is 6.39. The molecule has 114 valence electrons. The molecule has 4 rings (SSSR count). The Morgan fingerprint density at radius 1 is 1.41 bits per heavy atom. The number of rotatable bonds is 4. The number of phenols is 1. The molecule has 0 unspecified atom stereocenters. The highest BCUT2D eigenvalue weighted by Crippen LogP contribution is 2.35. The number of fused-ring (bicyclic) bond motifs is 1. The van der Waals surface area contributed by atoms with Gasteiger partial charge in [-0.1, -0.05) is 11.3 Å². The fourth-order valence-corrected chi connectivity index (χ4v) is 3.39. The van der Waals surface area contributed by atoms with Crippen molar-refractivity contribution in [3.05, 3.63) is 24.4 Å². The third-order valence-electron chi connectivity index (χ3n) is 3.95. The first-order valence-corrected chi connectivity index (χ1v) is 7.94. The first-order valence-electron chi connectivity index (χ1n) is 7.12. The van der Waals surface area contributed by atoms with E-state index >= 15 is 0 Å². The van der Waals surface area contributed by atoms with Gasteiger partial charge in [-0.2, -0.15) is 0 Å². The van der Waals surface area contributed by atoms with E-state index in [1.807, 2.05) is 10.6 Å². The zero-order chi connectivity index (χ0) is 15.3. The van der Waals surface area contributed by atoms with E-state index in [4.69, 9.17) is 4.74 Å². The summed E-state index contributed by atoms with van der Waals surface area (Å²) in [6, 6.07) is 5.87. The minimum atomic E-state index is 0.124. The Bertz CT molecular complexity index is 837. The molecule has 1 aliphatic rings. The molecule has 0 radical (unpaired) electrons. The lowest BCUT2D eigenvalue weighted by atomic mass is 10.1. The van der Waals surface area contributed by atoms with Gasteiger partial charge in [-0.15, -0.1) is 5.10 Å². The molecule has 1 fully saturated rings. The van der Waals surface area contributed by atoms with Crippen LogP contribution < -0.4 is 9.64 Å². The molecule has 22 heavy (non-hydrogen) atoms. The number of aromatic hydroxyl groups is 1. The first kappa shape index (κ1) is 13.4. The monoisotopic (exact) mass is 316 g/mol. The number of nitrogens with zero attached hydrogens (tertiary/aromatic N) is 4. The van der Waals surface area contributed by atoms with E-state index in [1.165, 1.54) is 20.0 Å². The Labute approximate surface area is 131 Å². The number of phenolic OH excluding ortho intramolecular Hbond substituents is 1. The third kappa shape index (κ3) is 2.09. The Hall–Kier alpha value is -2.28. The third-order valence-corrected chi connectivity index (χ3v) is 4.96. The molecule has 0 amide bonds. The summed E-state index contributed by atoms with van der Waals surface area (Å²) in [6.07, 6.45) is 4.27. The van der Waals surface area contributed by atoms with Crippen molar-refractivity contribution in [2.24, 2.45) is 0 Å². The van der Waals surface area contributed by atoms with Crippen LogP contribution in [0.15, 0.2) is 24.4 Å². The van der Waals surface area contributed by atoms with Gasteiger partial charge in [0.15, 0.2) is 11.5 Å². The van der Waals surface area contributed by atoms with Crippen LogP contribution in [-0.4, -0.2) is 39.9 Å². The lowest BCUT2D eigenvalue weighted by Gasteiger charge is -2.12. The molecule has 1 N–H and O–H groups in total. The van der Waals surface area contributed by atoms with Gasteiger partial charge in [0.2, 0.25) is 10.1 Å². The van der Waals surface area contributed by atoms with Crippen molar-refractivity contribution in [1.29, 1.82) is 0 Å². The van der Waals surface area contributed by atoms with Crippen LogP contribution in [0.25, 0.3) is 16.2 Å². The number of hydrogen-bond acceptors (Lipinski definition) is 6. The summed E-state index contributed by atoms with van der Waals surface area (Å²) in [5, 5.41) is 15.4. The average molecular weight is 316 g/mol. The summed E-state index contributed by atoms with van der Waals surface area (Å²) < 4.78 is 7.03. The lowest BCUT2D eigenvalue weighted by Crippen LogP contribution is -2.19. The van der Waals surface area contributed by atoms with Crippen LogP contribution in [0.3, 0.4) is 0 Å². The van der Waals surface area contributed by atoms with Crippen molar-refractivity contribution in [2.75, 3.05) is 19.1 Å². The van der Waals surface area contributed by atoms with E-state index < -0.39 is 0 Å². The summed E-state index contributed by atoms with van der Waals surface area (Å²) in [5.41, 5.74) is 1.80. The quantitative estimate of drug-likeness (QED) is 0.802. The summed E-state index contributed by atoms with van der Waals surface area (Å²) in [5.74, 6) is 0.567. The zero-order valence-electron chi connectivity index (χ0n) is 12.4. The van der Waals surface area contributed by atoms with E-state index in [-0.39, 0.29) is 5.75 Å². The number of benzene rings is 1. The maximum Gasteiger partial charge on any atom is 0.214 e. The Balaban J connectivity index is 1.78. The highest BCUT2D eigenvalue weighted by molar-refractivity contribution is 7.20. The molecule has 2 heterocycles. The van der Waals surface area contributed by atoms with E-state index in [2.05, 4.69) is 22.0 Å². The molecule has 3 aromatic rings. The summed E-state index contributed by atoms with van der Waals surface area (Å²) in [7, 11) is 3.62. The van der Waals surface area contributed by atoms with Crippen LogP contribution in [0, 0.1) is 0 Å². The number of ether oxygens (including phenoxy) is 1. The molecule has 1 aliphatic carbocycles. The number of anilines is 1. The standard InChI is InChI=1S/C15H16N4O2S/c1-18(10-4-5-10)15-17-19-11(8-16-14(19)22-15)9-3-6-12(20)13(7-9)21-2/h3,6-8,10,20H,4-5H2,1-2H3. The van der Waals surface area contributed by atoms with Crippen molar-refractivity contribution in [2.45, 2.75) is 18.9 Å². The molecule has 2 aromatic heterocycles. The smallest absolute Gasteiger partial charge is 0.214 e. The van der Waals surface area contributed by atoms with Crippen molar-refractivity contribution < 1.29 is 9.84 Å². The van der Waals surface area contributed by atoms with Gasteiger partial charge in [-0.3, -0.25) is 0 Å². The van der Waals surface area contributed by atoms with Crippen LogP contribution in [-0.2, 0) is 0 Å². The first-order chi connectivity index (χ1) is 10.7. The van der Waals surface area contributed by atoms with Gasteiger partial charge < -0.3 is 14.7 Å². The summed E-state index contributed by atoms with van der Waals surface area (Å²) in [4.78, 5) is 7.53. The predicted molar refractivity (Wildman–Crippen MR) is 85.9 cm³/mol. The predicted octanol–water partition coefficient (Wildman–Crippen LogP) is 2.77. The summed E-state index contributed by atoms with van der Waals surface area (Å²) in [6.45, 7) is 0. The Kier molecular flexibility index (Phi) is 2.97. The van der Waals surface area contributed by atoms with Crippen molar-refractivity contribution in [3.8, 4) is 22.8 Å². The molecule has 0 saturated heterocycles. The van der Waals surface area contributed by atoms with Crippen LogP contribution in [0.2, 0.25) is 0 Å². The SMILES string of the molecule is COc1cc(-c2cnc3sc(N(C)C4CC4)nn23)ccc1O. The maximum absolute atomic E-state index is 9.72. The van der Waals surface area contributed by atoms with Gasteiger partial charge in [0, 0.05) is 18.7 Å². The fraction of sp³-hybridized carbons (Fsp3) is 0.333. The minimum absolute atomic E-state index is 0.124. The topological polar surface area (TPSA) is 62.9 Å². The number of hydrogen-bond donors (Lipinski definition) is 1. The van der Waals surface area contributed by atoms with Gasteiger partial charge >= 0.3 is 0 Å². The van der Waals surface area contributed by atoms with Gasteiger partial charge in [-0.25, -0.2) is 9.50 Å². The van der Waals surface area contributed by atoms with Crippen LogP contribution in [0.5, 0.6) is 11.5 Å². The molecular weight excluding hydrogens is 300 g/mol. The fourth-order valence-electron chi connectivity index (χ4n) is 2.48. The van der Waals surface area contributed by atoms with Crippen molar-refractivity contribution in [1.82, 2.24) is 14.6 Å². The molecule has 7 heteroatoms. The van der Waals surface area contributed by atoms with E-state index in [1.54, 1.807) is 29.7 Å². The second kappa shape index (κ2) is 4.88. The summed E-state index contributed by atoms with van der Waals surface area (Å²) >= 11 is 1.59. The largest absolute Gasteiger partial charge is 0.504 e. The highest BCUT2D eigenvalue weighted by atomic mass is 32.1. The second-order valence-electron chi connectivity index (χ2n) is 5.45. The van der Waals surface area contributed by atoms with E-state index in [0.29, 0.717) is 11.8 Å². The van der Waals surface area contributed by atoms with Gasteiger partial charge in [0.25, 0.3) is 0 Å². The zero-order valence-corrected chi connectivity index (χ0v) is 13.2. The molecule has 1 saturated carbocycles. The lowest BCUT2D eigenvalue weighted by molar-refractivity contribution is 0.373. The van der Waals surface area contributed by atoms with Crippen LogP contribution in [0.4, 0.5) is 5.13 Å². The molecule has 0 aliphatic heterocycles. The molecular formula is C15H16N4O2S. The van der Waals surface area contributed by atoms with Crippen LogP contribution in [0.1, 0.15) is 12.8 Å². The molecule has 0 spiro atoms. The molecule has 0 atom stereocenters. The maximum atomic E-state index is 9.72. The van der Waals surface area contributed by atoms with Gasteiger partial charge in [0.05, 0.1) is 19.0 Å². The Morgan fingerprint density at radius 2 is 2.23 bits per heavy atom. The van der Waals surface area contributed by atoms with Gasteiger partial charge in [-0.05, 0) is 31.0 Å². The number of imidazole rings is 1. The molecule has 1 aromatic carbocycles.